The number of carbonyl (C=O) groups excluding carboxylic acids is 1. The molecule has 6 nitrogen and oxygen atoms in total. The van der Waals surface area contributed by atoms with Crippen LogP contribution in [0.3, 0.4) is 0 Å². The molecule has 0 atom stereocenters. The second-order valence-electron chi connectivity index (χ2n) is 3.31. The van der Waals surface area contributed by atoms with E-state index in [0.717, 1.165) is 17.5 Å². The van der Waals surface area contributed by atoms with Crippen LogP contribution in [0.15, 0.2) is 10.9 Å². The van der Waals surface area contributed by atoms with Crippen LogP contribution in [0.4, 0.5) is 0 Å². The monoisotopic (exact) mass is 194 g/mol. The van der Waals surface area contributed by atoms with Gasteiger partial charge in [0.2, 0.25) is 0 Å². The lowest BCUT2D eigenvalue weighted by Gasteiger charge is -1.88. The van der Waals surface area contributed by atoms with Gasteiger partial charge in [0.15, 0.2) is 5.78 Å². The molecule has 6 heteroatoms. The Hall–Kier alpha value is -1.72. The van der Waals surface area contributed by atoms with Gasteiger partial charge in [-0.3, -0.25) is 4.79 Å². The van der Waals surface area contributed by atoms with Crippen molar-refractivity contribution in [3.05, 3.63) is 16.6 Å². The summed E-state index contributed by atoms with van der Waals surface area (Å²) in [4.78, 5) is 22.1. The summed E-state index contributed by atoms with van der Waals surface area (Å²) in [5.74, 6) is -0.127. The first-order chi connectivity index (χ1) is 6.68. The molecule has 1 aromatic heterocycles. The van der Waals surface area contributed by atoms with Crippen LogP contribution >= 0.6 is 0 Å². The van der Waals surface area contributed by atoms with Crippen LogP contribution in [0, 0.1) is 0 Å². The Morgan fingerprint density at radius 2 is 2.21 bits per heavy atom. The van der Waals surface area contributed by atoms with E-state index >= 15 is 0 Å². The first-order valence-electron chi connectivity index (χ1n) is 4.41. The number of ketones is 1. The molecule has 1 aliphatic carbocycles. The number of aromatic nitrogens is 4. The number of carbonyl (C=O) groups is 1. The third-order valence-corrected chi connectivity index (χ3v) is 1.97. The van der Waals surface area contributed by atoms with Gasteiger partial charge < -0.3 is 0 Å². The van der Waals surface area contributed by atoms with E-state index < -0.39 is 0 Å². The highest BCUT2D eigenvalue weighted by Gasteiger charge is 2.27. The zero-order valence-corrected chi connectivity index (χ0v) is 7.75. The van der Waals surface area contributed by atoms with Crippen molar-refractivity contribution >= 4 is 12.0 Å². The molecular weight excluding hydrogens is 184 g/mol. The van der Waals surface area contributed by atoms with Gasteiger partial charge in [-0.05, 0) is 36.3 Å². The van der Waals surface area contributed by atoms with E-state index in [1.807, 2.05) is 0 Å². The van der Waals surface area contributed by atoms with Gasteiger partial charge in [0, 0.05) is 6.20 Å². The fraction of sp³-hybridized carbons (Fsp3) is 0.500. The first kappa shape index (κ1) is 8.86. The zero-order valence-electron chi connectivity index (χ0n) is 7.75. The van der Waals surface area contributed by atoms with Crippen molar-refractivity contribution in [2.24, 2.45) is 0 Å². The van der Waals surface area contributed by atoms with Crippen molar-refractivity contribution in [3.8, 4) is 0 Å². The molecule has 1 saturated carbocycles. The molecule has 0 aromatic carbocycles. The number of tetrazole rings is 1. The second kappa shape index (κ2) is 3.21. The normalized spacial score (nSPS) is 16.4. The van der Waals surface area contributed by atoms with Crippen molar-refractivity contribution in [3.63, 3.8) is 0 Å². The molecule has 0 N–H and O–H groups in total. The highest BCUT2D eigenvalue weighted by molar-refractivity contribution is 5.89. The Morgan fingerprint density at radius 1 is 1.50 bits per heavy atom. The van der Waals surface area contributed by atoms with E-state index in [1.54, 1.807) is 0 Å². The molecule has 1 fully saturated rings. The van der Waals surface area contributed by atoms with Crippen LogP contribution in [-0.4, -0.2) is 25.6 Å². The van der Waals surface area contributed by atoms with Crippen LogP contribution in [0.5, 0.6) is 0 Å². The van der Waals surface area contributed by atoms with Crippen molar-refractivity contribution in [1.29, 1.82) is 0 Å². The summed E-state index contributed by atoms with van der Waals surface area (Å²) >= 11 is 0. The standard InChI is InChI=1S/C8H10N4O2/c1-6(13)4-5-11-8(14)12(10-9-11)7-2-3-7/h4-5,7H,2-3H2,1H3/b5-4+. The molecule has 74 valence electrons. The molecule has 0 bridgehead atoms. The minimum absolute atomic E-state index is 0.127. The predicted octanol–water partition coefficient (Wildman–Crippen LogP) is -0.166. The Bertz CT molecular complexity index is 438. The van der Waals surface area contributed by atoms with E-state index in [-0.39, 0.29) is 17.5 Å². The van der Waals surface area contributed by atoms with Crippen LogP contribution in [0.1, 0.15) is 25.8 Å². The topological polar surface area (TPSA) is 69.8 Å². The summed E-state index contributed by atoms with van der Waals surface area (Å²) < 4.78 is 2.42. The summed E-state index contributed by atoms with van der Waals surface area (Å²) in [6.45, 7) is 1.41. The van der Waals surface area contributed by atoms with Gasteiger partial charge in [-0.1, -0.05) is 0 Å². The minimum atomic E-state index is -0.287. The fourth-order valence-corrected chi connectivity index (χ4v) is 1.09. The fourth-order valence-electron chi connectivity index (χ4n) is 1.09. The van der Waals surface area contributed by atoms with Gasteiger partial charge >= 0.3 is 5.69 Å². The Morgan fingerprint density at radius 3 is 2.79 bits per heavy atom. The van der Waals surface area contributed by atoms with E-state index in [1.165, 1.54) is 23.9 Å². The maximum Gasteiger partial charge on any atom is 0.368 e. The molecule has 14 heavy (non-hydrogen) atoms. The summed E-state index contributed by atoms with van der Waals surface area (Å²) in [6.07, 6.45) is 4.58. The highest BCUT2D eigenvalue weighted by Crippen LogP contribution is 2.32. The molecule has 0 saturated heterocycles. The van der Waals surface area contributed by atoms with Crippen LogP contribution in [0.25, 0.3) is 6.20 Å². The van der Waals surface area contributed by atoms with E-state index in [2.05, 4.69) is 10.4 Å². The van der Waals surface area contributed by atoms with Gasteiger partial charge in [0.25, 0.3) is 0 Å². The number of hydrogen-bond donors (Lipinski definition) is 0. The molecule has 2 rings (SSSR count). The molecule has 0 radical (unpaired) electrons. The predicted molar refractivity (Wildman–Crippen MR) is 48.6 cm³/mol. The maximum absolute atomic E-state index is 11.5. The van der Waals surface area contributed by atoms with Crippen LogP contribution < -0.4 is 5.69 Å². The van der Waals surface area contributed by atoms with Gasteiger partial charge in [-0.2, -0.15) is 9.36 Å². The molecule has 0 spiro atoms. The second-order valence-corrected chi connectivity index (χ2v) is 3.31. The summed E-state index contributed by atoms with van der Waals surface area (Å²) in [5.41, 5.74) is -0.287. The minimum Gasteiger partial charge on any atom is -0.295 e. The Labute approximate surface area is 79.8 Å². The van der Waals surface area contributed by atoms with Crippen LogP contribution in [0.2, 0.25) is 0 Å². The average Bonchev–Trinajstić information content (AvgIpc) is 2.89. The molecule has 0 unspecified atom stereocenters. The highest BCUT2D eigenvalue weighted by atomic mass is 16.2. The quantitative estimate of drug-likeness (QED) is 0.626. The van der Waals surface area contributed by atoms with Gasteiger partial charge in [-0.25, -0.2) is 4.79 Å². The number of hydrogen-bond acceptors (Lipinski definition) is 4. The molecule has 0 aliphatic heterocycles. The summed E-state index contributed by atoms with van der Waals surface area (Å²) in [5, 5.41) is 7.34. The molecule has 1 aliphatic rings. The van der Waals surface area contributed by atoms with Gasteiger partial charge in [-0.15, -0.1) is 0 Å². The van der Waals surface area contributed by atoms with Crippen molar-refractivity contribution < 1.29 is 4.79 Å². The van der Waals surface area contributed by atoms with Crippen molar-refractivity contribution in [1.82, 2.24) is 19.8 Å². The number of rotatable bonds is 3. The molecule has 0 amide bonds. The largest absolute Gasteiger partial charge is 0.368 e. The molecule has 1 heterocycles. The SMILES string of the molecule is CC(=O)/C=C/n1nnn(C2CC2)c1=O. The lowest BCUT2D eigenvalue weighted by molar-refractivity contribution is -0.112. The molecule has 1 aromatic rings. The number of allylic oxidation sites excluding steroid dienone is 1. The number of nitrogens with zero attached hydrogens (tertiary/aromatic N) is 4. The van der Waals surface area contributed by atoms with Crippen molar-refractivity contribution in [2.45, 2.75) is 25.8 Å². The maximum atomic E-state index is 11.5. The zero-order chi connectivity index (χ0) is 10.1. The third-order valence-electron chi connectivity index (χ3n) is 1.97. The summed E-state index contributed by atoms with van der Waals surface area (Å²) in [6, 6.07) is 0.210. The lowest BCUT2D eigenvalue weighted by Crippen LogP contribution is -2.21. The Kier molecular flexibility index (Phi) is 2.03. The van der Waals surface area contributed by atoms with Crippen molar-refractivity contribution in [2.75, 3.05) is 0 Å². The average molecular weight is 194 g/mol. The summed E-state index contributed by atoms with van der Waals surface area (Å²) in [7, 11) is 0. The molecular formula is C8H10N4O2. The first-order valence-corrected chi connectivity index (χ1v) is 4.41. The Balaban J connectivity index is 2.27. The van der Waals surface area contributed by atoms with E-state index in [4.69, 9.17) is 0 Å². The van der Waals surface area contributed by atoms with E-state index in [9.17, 15) is 9.59 Å². The lowest BCUT2D eigenvalue weighted by atomic mass is 10.4. The van der Waals surface area contributed by atoms with Gasteiger partial charge in [0.1, 0.15) is 0 Å². The van der Waals surface area contributed by atoms with Crippen LogP contribution in [-0.2, 0) is 4.79 Å². The van der Waals surface area contributed by atoms with Gasteiger partial charge in [0.05, 0.1) is 6.04 Å². The smallest absolute Gasteiger partial charge is 0.295 e. The third kappa shape index (κ3) is 1.63. The van der Waals surface area contributed by atoms with E-state index in [0.29, 0.717) is 0 Å².